The van der Waals surface area contributed by atoms with Crippen LogP contribution in [0.4, 0.5) is 0 Å². The third kappa shape index (κ3) is 28.5. The summed E-state index contributed by atoms with van der Waals surface area (Å²) in [7, 11) is 0. The first-order valence-electron chi connectivity index (χ1n) is 1.81. The van der Waals surface area contributed by atoms with Gasteiger partial charge in [0, 0.05) is 0 Å². The number of halogens is 2. The van der Waals surface area contributed by atoms with Crippen LogP contribution in [0, 0.1) is 12.3 Å². The smallest absolute Gasteiger partial charge is 1.00 e. The van der Waals surface area contributed by atoms with E-state index in [2.05, 4.69) is 5.92 Å². The van der Waals surface area contributed by atoms with Crippen LogP contribution in [0.15, 0.2) is 0 Å². The van der Waals surface area contributed by atoms with Crippen molar-refractivity contribution in [2.24, 2.45) is 0 Å². The maximum absolute atomic E-state index is 6.35. The zero-order valence-electron chi connectivity index (χ0n) is 4.91. The van der Waals surface area contributed by atoms with E-state index in [9.17, 15) is 0 Å². The van der Waals surface area contributed by atoms with Gasteiger partial charge in [-0.15, -0.1) is 12.4 Å². The Morgan fingerprint density at radius 2 is 1.88 bits per heavy atom. The van der Waals surface area contributed by atoms with Crippen LogP contribution in [0.25, 0.3) is 0 Å². The topological polar surface area (TPSA) is 0 Å². The molecule has 0 rings (SSSR count). The summed E-state index contributed by atoms with van der Waals surface area (Å²) in [5.41, 5.74) is 0. The zero-order chi connectivity index (χ0) is 4.12. The first kappa shape index (κ1) is 23.1. The Labute approximate surface area is 79.8 Å². The summed E-state index contributed by atoms with van der Waals surface area (Å²) in [5, 5.41) is 0. The molecule has 0 fully saturated rings. The van der Waals surface area contributed by atoms with Crippen LogP contribution in [0.2, 0.25) is 0 Å². The van der Waals surface area contributed by atoms with Gasteiger partial charge in [-0.1, -0.05) is 6.92 Å². The van der Waals surface area contributed by atoms with E-state index >= 15 is 0 Å². The summed E-state index contributed by atoms with van der Waals surface area (Å²) in [6.45, 7) is 2.03. The number of hydrogen-bond acceptors (Lipinski definition) is 0. The van der Waals surface area contributed by atoms with E-state index in [0.29, 0.717) is 0 Å². The molecule has 0 aliphatic heterocycles. The van der Waals surface area contributed by atoms with Crippen molar-refractivity contribution in [2.45, 2.75) is 19.8 Å². The minimum absolute atomic E-state index is 0. The van der Waals surface area contributed by atoms with Gasteiger partial charge in [0.05, 0.1) is 0 Å². The Morgan fingerprint density at radius 1 is 1.50 bits per heavy atom. The maximum Gasteiger partial charge on any atom is 2.00 e. The van der Waals surface area contributed by atoms with Gasteiger partial charge < -0.3 is 24.8 Å². The van der Waals surface area contributed by atoms with Crippen LogP contribution in [0.3, 0.4) is 0 Å². The van der Waals surface area contributed by atoms with Gasteiger partial charge in [-0.2, -0.15) is 0 Å². The van der Waals surface area contributed by atoms with Crippen molar-refractivity contribution >= 4 is 35.5 Å². The molecule has 3 heteroatoms. The Kier molecular flexibility index (Phi) is 71.4. The van der Waals surface area contributed by atoms with Gasteiger partial charge in [-0.05, 0) is 12.8 Å². The Balaban J connectivity index is -0.0000000267. The molecule has 0 aromatic carbocycles. The molecule has 0 amide bonds. The molecule has 0 unspecified atom stereocenters. The molecule has 44 valence electrons. The molecule has 8 heavy (non-hydrogen) atoms. The monoisotopic (exact) mass is 162 g/mol. The summed E-state index contributed by atoms with van der Waals surface area (Å²) >= 11 is 0. The summed E-state index contributed by atoms with van der Waals surface area (Å²) in [5.74, 6) is 2.27. The number of hydrogen-bond donors (Lipinski definition) is 0. The maximum atomic E-state index is 6.35. The molecule has 0 saturated heterocycles. The predicted octanol–water partition coefficient (Wildman–Crippen LogP) is -1.58. The quantitative estimate of drug-likeness (QED) is 0.249. The van der Waals surface area contributed by atoms with E-state index in [1.54, 1.807) is 0 Å². The van der Waals surface area contributed by atoms with E-state index in [-0.39, 0.29) is 47.9 Å². The first-order chi connectivity index (χ1) is 2.41. The van der Waals surface area contributed by atoms with Crippen molar-refractivity contribution in [2.75, 3.05) is 0 Å². The molecule has 0 aliphatic rings. The van der Waals surface area contributed by atoms with Crippen molar-refractivity contribution in [1.82, 2.24) is 0 Å². The molecule has 0 spiro atoms. The second kappa shape index (κ2) is 24.7. The fourth-order valence-electron chi connectivity index (χ4n) is 0.125. The second-order valence-electron chi connectivity index (χ2n) is 0.927. The van der Waals surface area contributed by atoms with Crippen LogP contribution in [-0.4, -0.2) is 23.1 Å². The standard InChI is InChI=1S/C5H7.2ClH.Mg/c1-3-5-4-2;;;/h3,5H2,1H3;2*1H;/q-1;;;+2/p-1. The Hall–Kier alpha value is 0.906. The Morgan fingerprint density at radius 3 is 1.88 bits per heavy atom. The summed E-state index contributed by atoms with van der Waals surface area (Å²) < 4.78 is 0. The summed E-state index contributed by atoms with van der Waals surface area (Å²) in [6.07, 6.45) is 8.20. The molecule has 0 saturated carbocycles. The first-order valence-corrected chi connectivity index (χ1v) is 1.81. The second-order valence-corrected chi connectivity index (χ2v) is 0.927. The van der Waals surface area contributed by atoms with Crippen molar-refractivity contribution < 1.29 is 12.4 Å². The molecule has 0 aromatic heterocycles. The fraction of sp³-hybridized carbons (Fsp3) is 0.600. The fourth-order valence-corrected chi connectivity index (χ4v) is 0.125. The van der Waals surface area contributed by atoms with Gasteiger partial charge in [0.25, 0.3) is 0 Å². The van der Waals surface area contributed by atoms with Gasteiger partial charge in [-0.25, -0.2) is 0 Å². The van der Waals surface area contributed by atoms with Crippen LogP contribution < -0.4 is 12.4 Å². The van der Waals surface area contributed by atoms with Crippen LogP contribution >= 0.6 is 12.4 Å². The van der Waals surface area contributed by atoms with Gasteiger partial charge in [0.2, 0.25) is 0 Å². The van der Waals surface area contributed by atoms with Gasteiger partial charge >= 0.3 is 23.1 Å². The van der Waals surface area contributed by atoms with E-state index in [0.717, 1.165) is 12.8 Å². The van der Waals surface area contributed by atoms with E-state index in [4.69, 9.17) is 6.42 Å². The average molecular weight is 163 g/mol. The van der Waals surface area contributed by atoms with Crippen molar-refractivity contribution in [3.8, 4) is 5.92 Å². The van der Waals surface area contributed by atoms with E-state index in [1.165, 1.54) is 0 Å². The number of rotatable bonds is 1. The third-order valence-electron chi connectivity index (χ3n) is 0.375. The van der Waals surface area contributed by atoms with Gasteiger partial charge in [0.15, 0.2) is 0 Å². The molecule has 0 radical (unpaired) electrons. The molecule has 0 heterocycles. The summed E-state index contributed by atoms with van der Waals surface area (Å²) in [6, 6.07) is 0. The van der Waals surface area contributed by atoms with Crippen molar-refractivity contribution in [3.63, 3.8) is 0 Å². The van der Waals surface area contributed by atoms with Crippen LogP contribution in [0.1, 0.15) is 19.8 Å². The minimum atomic E-state index is 0. The predicted molar refractivity (Wildman–Crippen MR) is 35.0 cm³/mol. The molecule has 0 N–H and O–H groups in total. The van der Waals surface area contributed by atoms with Crippen LogP contribution in [-0.2, 0) is 0 Å². The Bertz CT molecular complexity index is 48.9. The molecular weight excluding hydrogens is 155 g/mol. The molecule has 0 atom stereocenters. The van der Waals surface area contributed by atoms with Gasteiger partial charge in [-0.3, -0.25) is 0 Å². The van der Waals surface area contributed by atoms with Crippen molar-refractivity contribution in [3.05, 3.63) is 6.42 Å². The molecule has 0 aromatic rings. The number of unbranched alkanes of at least 4 members (excludes halogenated alkanes) is 1. The molecule has 0 bridgehead atoms. The summed E-state index contributed by atoms with van der Waals surface area (Å²) in [4.78, 5) is 0. The largest absolute Gasteiger partial charge is 2.00 e. The zero-order valence-corrected chi connectivity index (χ0v) is 7.89. The molecular formula is C5H8Cl2Mg. The van der Waals surface area contributed by atoms with E-state index in [1.807, 2.05) is 6.92 Å². The SMILES string of the molecule is Cl.[C-]#CCCC.[Cl-].[Mg+2]. The van der Waals surface area contributed by atoms with Crippen LogP contribution in [0.5, 0.6) is 0 Å². The normalized spacial score (nSPS) is 4.00. The van der Waals surface area contributed by atoms with E-state index < -0.39 is 0 Å². The molecule has 0 aliphatic carbocycles. The average Bonchev–Trinajstić information content (AvgIpc) is 1.41. The van der Waals surface area contributed by atoms with Gasteiger partial charge in [0.1, 0.15) is 0 Å². The van der Waals surface area contributed by atoms with Crippen molar-refractivity contribution in [1.29, 1.82) is 0 Å². The minimum Gasteiger partial charge on any atom is -1.00 e. The molecule has 0 nitrogen and oxygen atoms in total. The third-order valence-corrected chi connectivity index (χ3v) is 0.375.